The molecule has 7 unspecified atom stereocenters. The molecule has 29 heteroatoms. The van der Waals surface area contributed by atoms with Gasteiger partial charge < -0.3 is 98.8 Å². The highest BCUT2D eigenvalue weighted by molar-refractivity contribution is 14.1. The minimum Gasteiger partial charge on any atom is -0.507 e. The number of H-pyrrole nitrogens is 1. The molecule has 460 valence electrons. The zero-order chi connectivity index (χ0) is 61.3. The second kappa shape index (κ2) is 32.2. The van der Waals surface area contributed by atoms with Crippen molar-refractivity contribution in [2.75, 3.05) is 37.8 Å². The number of aliphatic hydroxyl groups is 7. The lowest BCUT2D eigenvalue weighted by molar-refractivity contribution is -0.318. The van der Waals surface area contributed by atoms with Crippen molar-refractivity contribution in [1.29, 1.82) is 0 Å². The fraction of sp³-hybridized carbons (Fsp3) is 0.509. The van der Waals surface area contributed by atoms with Gasteiger partial charge in [-0.05, 0) is 104 Å². The maximum Gasteiger partial charge on any atom is 0.245 e. The van der Waals surface area contributed by atoms with E-state index >= 15 is 9.59 Å². The standard InChI is InChI=1S/C55H75IN10O16S2/c1-28(68)40(23-67)63-53(79)42-26-84-83-25-41(64-49(75)37(19-30-10-4-3-5-11-30)59-27-55(81)47(73)46(72)44(71)24-82-55)52(78)61-38(20-31-15-16-43(70)34(56)18-31)50(76)62-39(21-32-22-58-35-13-7-6-12-33(32)35)51(77)60-36(14-8-9-17-57)48(74)66-45(29(2)69)54(80)65-42/h3-7,10-13,15-16,18,22,28-29,36-42,44-47,58-59,67-73,81H,8-9,14,17,19-21,23-27,57H2,1-2H3,(H,60,77)(H,61,78)(H,62,76)(H,63,79)(H,64,75)(H,65,80)(H,66,74)/t28?,29?,36-,37?,38-,39+,40+,41?,42-,44?,45-,46+,47?,55?/m0/s1. The Labute approximate surface area is 505 Å². The number of nitrogens with one attached hydrogen (secondary N) is 9. The van der Waals surface area contributed by atoms with Crippen LogP contribution in [-0.4, -0.2) is 210 Å². The first-order valence-electron chi connectivity index (χ1n) is 27.3. The summed E-state index contributed by atoms with van der Waals surface area (Å²) in [5.41, 5.74) is 8.13. The summed E-state index contributed by atoms with van der Waals surface area (Å²) in [5.74, 6) is -9.68. The van der Waals surface area contributed by atoms with E-state index in [4.69, 9.17) is 10.5 Å². The van der Waals surface area contributed by atoms with Gasteiger partial charge in [0.15, 0.2) is 0 Å². The molecule has 26 nitrogen and oxygen atoms in total. The molecule has 0 radical (unpaired) electrons. The van der Waals surface area contributed by atoms with Crippen LogP contribution in [0.3, 0.4) is 0 Å². The number of carbonyl (C=O) groups is 7. The second-order valence-corrected chi connectivity index (χ2v) is 24.5. The number of unbranched alkanes of at least 4 members (excludes halogenated alkanes) is 1. The lowest BCUT2D eigenvalue weighted by atomic mass is 9.96. The van der Waals surface area contributed by atoms with Gasteiger partial charge in [0.1, 0.15) is 60.3 Å². The van der Waals surface area contributed by atoms with E-state index in [0.717, 1.165) is 21.6 Å². The summed E-state index contributed by atoms with van der Waals surface area (Å²) in [5, 5.41) is 107. The van der Waals surface area contributed by atoms with Crippen molar-refractivity contribution in [2.24, 2.45) is 5.73 Å². The molecule has 4 aromatic rings. The Morgan fingerprint density at radius 3 is 2.14 bits per heavy atom. The number of phenols is 1. The van der Waals surface area contributed by atoms with Gasteiger partial charge in [0.05, 0.1) is 47.6 Å². The van der Waals surface area contributed by atoms with Gasteiger partial charge in [0.25, 0.3) is 0 Å². The lowest BCUT2D eigenvalue weighted by Crippen LogP contribution is -2.66. The summed E-state index contributed by atoms with van der Waals surface area (Å²) < 4.78 is 5.75. The first-order chi connectivity index (χ1) is 40.0. The van der Waals surface area contributed by atoms with E-state index in [0.29, 0.717) is 44.0 Å². The lowest BCUT2D eigenvalue weighted by Gasteiger charge is -2.42. The van der Waals surface area contributed by atoms with E-state index in [1.54, 1.807) is 66.9 Å². The predicted octanol–water partition coefficient (Wildman–Crippen LogP) is -3.06. The van der Waals surface area contributed by atoms with Crippen LogP contribution in [0.25, 0.3) is 10.9 Å². The van der Waals surface area contributed by atoms with E-state index in [9.17, 15) is 64.8 Å². The summed E-state index contributed by atoms with van der Waals surface area (Å²) in [7, 11) is 1.85. The first kappa shape index (κ1) is 67.4. The number of nitrogens with two attached hydrogens (primary N) is 1. The molecule has 3 aromatic carbocycles. The summed E-state index contributed by atoms with van der Waals surface area (Å²) in [6.45, 7) is 0.787. The van der Waals surface area contributed by atoms with E-state index in [1.807, 2.05) is 22.6 Å². The van der Waals surface area contributed by atoms with Crippen molar-refractivity contribution < 1.29 is 79.2 Å². The number of phenolic OH excluding ortho intramolecular Hbond substituents is 1. The molecule has 1 aromatic heterocycles. The quantitative estimate of drug-likeness (QED) is 0.0237. The summed E-state index contributed by atoms with van der Waals surface area (Å²) in [4.78, 5) is 105. The number of para-hydroxylation sites is 1. The monoisotopic (exact) mass is 1320 g/mol. The van der Waals surface area contributed by atoms with Gasteiger partial charge in [-0.3, -0.25) is 33.6 Å². The number of carbonyl (C=O) groups excluding carboxylic acids is 7. The second-order valence-electron chi connectivity index (χ2n) is 20.8. The molecular weight excluding hydrogens is 1250 g/mol. The molecular formula is C55H75IN10O16S2. The molecule has 7 amide bonds. The van der Waals surface area contributed by atoms with Crippen molar-refractivity contribution in [3.8, 4) is 5.75 Å². The average Bonchev–Trinajstić information content (AvgIpc) is 3.97. The van der Waals surface area contributed by atoms with Crippen LogP contribution in [-0.2, 0) is 57.6 Å². The Kier molecular flexibility index (Phi) is 25.8. The Balaban J connectivity index is 1.43. The average molecular weight is 1320 g/mol. The topological polar surface area (TPSA) is 429 Å². The van der Waals surface area contributed by atoms with Gasteiger partial charge >= 0.3 is 0 Å². The molecule has 0 saturated carbocycles. The van der Waals surface area contributed by atoms with Crippen LogP contribution in [0.4, 0.5) is 0 Å². The first-order valence-corrected chi connectivity index (χ1v) is 30.8. The summed E-state index contributed by atoms with van der Waals surface area (Å²) in [6.07, 6.45) is -6.46. The number of hydrogen-bond acceptors (Lipinski definition) is 20. The minimum atomic E-state index is -2.51. The third-order valence-electron chi connectivity index (χ3n) is 14.3. The van der Waals surface area contributed by atoms with Gasteiger partial charge in [-0.2, -0.15) is 0 Å². The number of halogens is 1. The number of aromatic nitrogens is 1. The van der Waals surface area contributed by atoms with Crippen molar-refractivity contribution in [2.45, 2.75) is 137 Å². The van der Waals surface area contributed by atoms with Crippen LogP contribution < -0.4 is 48.3 Å². The van der Waals surface area contributed by atoms with Crippen LogP contribution in [0.5, 0.6) is 5.75 Å². The van der Waals surface area contributed by atoms with Gasteiger partial charge in [-0.25, -0.2) is 0 Å². The van der Waals surface area contributed by atoms with Crippen LogP contribution in [0.1, 0.15) is 49.8 Å². The van der Waals surface area contributed by atoms with Gasteiger partial charge in [0, 0.05) is 41.4 Å². The zero-order valence-electron chi connectivity index (χ0n) is 46.1. The Morgan fingerprint density at radius 1 is 0.810 bits per heavy atom. The Hall–Kier alpha value is -5.68. The smallest absolute Gasteiger partial charge is 0.245 e. The van der Waals surface area contributed by atoms with Gasteiger partial charge in [-0.15, -0.1) is 0 Å². The van der Waals surface area contributed by atoms with E-state index in [2.05, 4.69) is 47.5 Å². The molecule has 84 heavy (non-hydrogen) atoms. The number of fused-ring (bicyclic) bond motifs is 1. The molecule has 0 spiro atoms. The molecule has 2 aliphatic rings. The summed E-state index contributed by atoms with van der Waals surface area (Å²) in [6, 6.07) is 8.44. The van der Waals surface area contributed by atoms with Crippen molar-refractivity contribution >= 4 is 96.4 Å². The van der Waals surface area contributed by atoms with Gasteiger partial charge in [0.2, 0.25) is 47.1 Å². The molecule has 2 fully saturated rings. The summed E-state index contributed by atoms with van der Waals surface area (Å²) >= 11 is 1.89. The number of hydrogen-bond donors (Lipinski definition) is 18. The normalized spacial score (nSPS) is 26.7. The Bertz CT molecular complexity index is 2880. The fourth-order valence-electron chi connectivity index (χ4n) is 9.25. The van der Waals surface area contributed by atoms with Crippen molar-refractivity contribution in [3.63, 3.8) is 0 Å². The maximum absolute atomic E-state index is 15.1. The number of aromatic hydroxyl groups is 1. The fourth-order valence-corrected chi connectivity index (χ4v) is 12.2. The number of aliphatic hydroxyl groups excluding tert-OH is 6. The van der Waals surface area contributed by atoms with Crippen LogP contribution in [0.15, 0.2) is 79.0 Å². The number of benzene rings is 3. The Morgan fingerprint density at radius 2 is 1.46 bits per heavy atom. The number of ether oxygens (including phenoxy) is 1. The minimum absolute atomic E-state index is 0.0334. The highest BCUT2D eigenvalue weighted by Crippen LogP contribution is 2.27. The number of amides is 7. The molecule has 3 heterocycles. The molecule has 14 atom stereocenters. The SMILES string of the molecule is CC(O)[C@@H]1NC(=O)[C@H](CCCCN)NC(=O)[C@@H](Cc2c[nH]c3ccccc23)NC(=O)[C@H](Cc2ccc(O)c(I)c2)NC(=O)C(NC(=O)C(Cc2ccccc2)NCC2(O)OCC(O)[C@@H](O)C2O)CSSC[C@@H](C(=O)N[C@H](CO)C(C)O)NC1=O. The number of rotatable bonds is 20. The molecule has 2 aliphatic heterocycles. The van der Waals surface area contributed by atoms with E-state index in [-0.39, 0.29) is 49.5 Å². The zero-order valence-corrected chi connectivity index (χ0v) is 49.9. The maximum atomic E-state index is 15.1. The van der Waals surface area contributed by atoms with E-state index < -0.39 is 146 Å². The molecule has 6 rings (SSSR count). The molecule has 19 N–H and O–H groups in total. The van der Waals surface area contributed by atoms with Crippen LogP contribution >= 0.6 is 44.2 Å². The van der Waals surface area contributed by atoms with Crippen LogP contribution in [0, 0.1) is 3.57 Å². The van der Waals surface area contributed by atoms with Crippen LogP contribution in [0.2, 0.25) is 0 Å². The molecule has 2 saturated heterocycles. The van der Waals surface area contributed by atoms with Crippen molar-refractivity contribution in [1.82, 2.24) is 47.5 Å². The highest BCUT2D eigenvalue weighted by Gasteiger charge is 2.49. The third-order valence-corrected chi connectivity index (χ3v) is 17.6. The predicted molar refractivity (Wildman–Crippen MR) is 319 cm³/mol. The third kappa shape index (κ3) is 18.9. The van der Waals surface area contributed by atoms with E-state index in [1.165, 1.54) is 26.0 Å². The molecule has 0 bridgehead atoms. The molecule has 0 aliphatic carbocycles. The highest BCUT2D eigenvalue weighted by atomic mass is 127. The largest absolute Gasteiger partial charge is 0.507 e. The number of aromatic amines is 1. The van der Waals surface area contributed by atoms with Gasteiger partial charge in [-0.1, -0.05) is 76.2 Å². The van der Waals surface area contributed by atoms with Crippen molar-refractivity contribution in [3.05, 3.63) is 99.3 Å².